The summed E-state index contributed by atoms with van der Waals surface area (Å²) in [5, 5.41) is 39.8. The fraction of sp³-hybridized carbons (Fsp3) is 0.667. The van der Waals surface area contributed by atoms with Crippen molar-refractivity contribution in [2.24, 2.45) is 0 Å². The molecule has 0 spiro atoms. The van der Waals surface area contributed by atoms with Gasteiger partial charge in [0.2, 0.25) is 0 Å². The number of phenols is 1. The summed E-state index contributed by atoms with van der Waals surface area (Å²) >= 11 is 0. The molecule has 0 bridgehead atoms. The van der Waals surface area contributed by atoms with Crippen LogP contribution in [0.25, 0.3) is 0 Å². The van der Waals surface area contributed by atoms with Crippen molar-refractivity contribution in [3.05, 3.63) is 29.8 Å². The van der Waals surface area contributed by atoms with Crippen molar-refractivity contribution in [2.75, 3.05) is 20.3 Å². The van der Waals surface area contributed by atoms with Gasteiger partial charge < -0.3 is 39.4 Å². The van der Waals surface area contributed by atoms with Gasteiger partial charge in [-0.1, -0.05) is 31.4 Å². The Morgan fingerprint density at radius 2 is 1.50 bits per heavy atom. The van der Waals surface area contributed by atoms with E-state index in [0.717, 1.165) is 31.2 Å². The molecule has 5 atom stereocenters. The lowest BCUT2D eigenvalue weighted by molar-refractivity contribution is -0.301. The standard InChI is InChI=1S/C24H36O10/c1-31-19(26)7-5-3-2-4-6-8-20(27)33-15-18-21(28)22(29)23(30)24(34-18)32-14-13-16-9-11-17(25)12-10-16/h9-12,18,21-25,28-30H,2-8,13-15H2,1H3/t18-,21-,22+,23-,24-/m0/s1. The highest BCUT2D eigenvalue weighted by Gasteiger charge is 2.44. The van der Waals surface area contributed by atoms with E-state index in [1.807, 2.05) is 0 Å². The van der Waals surface area contributed by atoms with Crippen LogP contribution in [0.5, 0.6) is 5.75 Å². The van der Waals surface area contributed by atoms with E-state index in [1.54, 1.807) is 24.3 Å². The highest BCUT2D eigenvalue weighted by Crippen LogP contribution is 2.23. The predicted octanol–water partition coefficient (Wildman–Crippen LogP) is 1.21. The van der Waals surface area contributed by atoms with Crippen LogP contribution in [0.1, 0.15) is 50.5 Å². The number of ether oxygens (including phenoxy) is 4. The van der Waals surface area contributed by atoms with Crippen LogP contribution in [0, 0.1) is 0 Å². The monoisotopic (exact) mass is 484 g/mol. The topological polar surface area (TPSA) is 152 Å². The van der Waals surface area contributed by atoms with Gasteiger partial charge in [0.1, 0.15) is 36.8 Å². The molecular weight excluding hydrogens is 448 g/mol. The second-order valence-electron chi connectivity index (χ2n) is 8.33. The molecule has 1 aliphatic rings. The summed E-state index contributed by atoms with van der Waals surface area (Å²) in [5.41, 5.74) is 0.901. The number of carbonyl (C=O) groups is 2. The van der Waals surface area contributed by atoms with Gasteiger partial charge in [0.15, 0.2) is 6.29 Å². The first-order valence-corrected chi connectivity index (χ1v) is 11.6. The first-order chi connectivity index (χ1) is 16.3. The first kappa shape index (κ1) is 28.0. The predicted molar refractivity (Wildman–Crippen MR) is 120 cm³/mol. The lowest BCUT2D eigenvalue weighted by atomic mass is 9.99. The van der Waals surface area contributed by atoms with Gasteiger partial charge in [-0.05, 0) is 37.0 Å². The van der Waals surface area contributed by atoms with Crippen molar-refractivity contribution in [1.29, 1.82) is 0 Å². The molecule has 10 nitrogen and oxygen atoms in total. The van der Waals surface area contributed by atoms with Crippen LogP contribution in [0.15, 0.2) is 24.3 Å². The van der Waals surface area contributed by atoms with Crippen LogP contribution in [-0.4, -0.2) is 83.4 Å². The number of benzene rings is 1. The Morgan fingerprint density at radius 3 is 2.15 bits per heavy atom. The van der Waals surface area contributed by atoms with Gasteiger partial charge in [-0.25, -0.2) is 0 Å². The van der Waals surface area contributed by atoms with Crippen LogP contribution in [0.4, 0.5) is 0 Å². The zero-order chi connectivity index (χ0) is 24.9. The quantitative estimate of drug-likeness (QED) is 0.224. The summed E-state index contributed by atoms with van der Waals surface area (Å²) in [6.45, 7) is -0.109. The molecule has 0 amide bonds. The number of hydrogen-bond donors (Lipinski definition) is 4. The van der Waals surface area contributed by atoms with Crippen molar-refractivity contribution < 1.29 is 49.0 Å². The van der Waals surface area contributed by atoms with E-state index in [4.69, 9.17) is 14.2 Å². The number of methoxy groups -OCH3 is 1. The molecule has 34 heavy (non-hydrogen) atoms. The molecule has 0 aliphatic carbocycles. The van der Waals surface area contributed by atoms with Crippen molar-refractivity contribution in [1.82, 2.24) is 0 Å². The molecule has 1 aromatic carbocycles. The van der Waals surface area contributed by atoms with E-state index < -0.39 is 36.7 Å². The molecule has 0 radical (unpaired) electrons. The minimum atomic E-state index is -1.51. The third kappa shape index (κ3) is 9.55. The molecule has 1 fully saturated rings. The Kier molecular flexibility index (Phi) is 12.3. The number of rotatable bonds is 14. The van der Waals surface area contributed by atoms with E-state index in [1.165, 1.54) is 7.11 Å². The van der Waals surface area contributed by atoms with Gasteiger partial charge >= 0.3 is 11.9 Å². The lowest BCUT2D eigenvalue weighted by Gasteiger charge is -2.40. The van der Waals surface area contributed by atoms with Gasteiger partial charge in [0.05, 0.1) is 13.7 Å². The lowest BCUT2D eigenvalue weighted by Crippen LogP contribution is -2.59. The number of esters is 2. The summed E-state index contributed by atoms with van der Waals surface area (Å²) in [7, 11) is 1.36. The third-order valence-electron chi connectivity index (χ3n) is 5.68. The molecule has 0 aromatic heterocycles. The van der Waals surface area contributed by atoms with Crippen LogP contribution in [-0.2, 0) is 35.0 Å². The van der Waals surface area contributed by atoms with Crippen molar-refractivity contribution in [3.8, 4) is 5.75 Å². The summed E-state index contributed by atoms with van der Waals surface area (Å²) in [5.74, 6) is -0.519. The molecule has 1 aliphatic heterocycles. The molecule has 2 rings (SSSR count). The fourth-order valence-electron chi connectivity index (χ4n) is 3.57. The zero-order valence-electron chi connectivity index (χ0n) is 19.5. The summed E-state index contributed by atoms with van der Waals surface area (Å²) in [6, 6.07) is 6.58. The van der Waals surface area contributed by atoms with Crippen molar-refractivity contribution in [2.45, 2.75) is 82.1 Å². The Bertz CT molecular complexity index is 738. The Labute approximate surface area is 199 Å². The Balaban J connectivity index is 1.66. The maximum atomic E-state index is 12.0. The Morgan fingerprint density at radius 1 is 0.882 bits per heavy atom. The highest BCUT2D eigenvalue weighted by atomic mass is 16.7. The number of aliphatic hydroxyl groups excluding tert-OH is 3. The molecular formula is C24H36O10. The van der Waals surface area contributed by atoms with E-state index in [-0.39, 0.29) is 31.4 Å². The number of aromatic hydroxyl groups is 1. The molecule has 10 heteroatoms. The molecule has 192 valence electrons. The zero-order valence-corrected chi connectivity index (χ0v) is 19.5. The normalized spacial score (nSPS) is 24.5. The average Bonchev–Trinajstić information content (AvgIpc) is 2.83. The number of unbranched alkanes of at least 4 members (excludes halogenated alkanes) is 4. The number of carbonyl (C=O) groups excluding carboxylic acids is 2. The Hall–Kier alpha value is -2.24. The van der Waals surface area contributed by atoms with Crippen LogP contribution in [0.2, 0.25) is 0 Å². The van der Waals surface area contributed by atoms with Gasteiger partial charge in [0, 0.05) is 12.8 Å². The van der Waals surface area contributed by atoms with E-state index in [9.17, 15) is 30.0 Å². The maximum Gasteiger partial charge on any atom is 0.305 e. The number of hydrogen-bond acceptors (Lipinski definition) is 10. The van der Waals surface area contributed by atoms with E-state index >= 15 is 0 Å². The highest BCUT2D eigenvalue weighted by molar-refractivity contribution is 5.69. The second kappa shape index (κ2) is 14.9. The summed E-state index contributed by atoms with van der Waals surface area (Å²) < 4.78 is 20.9. The SMILES string of the molecule is COC(=O)CCCCCCCC(=O)OC[C@@H]1O[C@H](OCCc2ccc(O)cc2)[C@@H](O)[C@H](O)[C@H]1O. The van der Waals surface area contributed by atoms with E-state index in [0.29, 0.717) is 19.3 Å². The smallest absolute Gasteiger partial charge is 0.305 e. The largest absolute Gasteiger partial charge is 0.508 e. The van der Waals surface area contributed by atoms with Crippen LogP contribution < -0.4 is 0 Å². The fourth-order valence-corrected chi connectivity index (χ4v) is 3.57. The average molecular weight is 485 g/mol. The molecule has 0 saturated carbocycles. The number of aliphatic hydroxyl groups is 3. The van der Waals surface area contributed by atoms with Gasteiger partial charge in [-0.2, -0.15) is 0 Å². The maximum absolute atomic E-state index is 12.0. The van der Waals surface area contributed by atoms with E-state index in [2.05, 4.69) is 4.74 Å². The molecule has 1 aromatic rings. The van der Waals surface area contributed by atoms with Crippen molar-refractivity contribution >= 4 is 11.9 Å². The van der Waals surface area contributed by atoms with Crippen molar-refractivity contribution in [3.63, 3.8) is 0 Å². The van der Waals surface area contributed by atoms with Crippen LogP contribution >= 0.6 is 0 Å². The van der Waals surface area contributed by atoms with Crippen LogP contribution in [0.3, 0.4) is 0 Å². The second-order valence-corrected chi connectivity index (χ2v) is 8.33. The van der Waals surface area contributed by atoms with Gasteiger partial charge in [-0.3, -0.25) is 9.59 Å². The molecule has 0 unspecified atom stereocenters. The minimum Gasteiger partial charge on any atom is -0.508 e. The molecule has 1 heterocycles. The minimum absolute atomic E-state index is 0.154. The van der Waals surface area contributed by atoms with Gasteiger partial charge in [0.25, 0.3) is 0 Å². The molecule has 1 saturated heterocycles. The number of phenolic OH excluding ortho intramolecular Hbond substituents is 1. The third-order valence-corrected chi connectivity index (χ3v) is 5.68. The van der Waals surface area contributed by atoms with Gasteiger partial charge in [-0.15, -0.1) is 0 Å². The summed E-state index contributed by atoms with van der Waals surface area (Å²) in [4.78, 5) is 23.0. The first-order valence-electron chi connectivity index (χ1n) is 11.6. The summed E-state index contributed by atoms with van der Waals surface area (Å²) in [6.07, 6.45) is -1.59. The molecule has 4 N–H and O–H groups in total.